The second-order valence-corrected chi connectivity index (χ2v) is 5.25. The SMILES string of the molecule is CC/C=C\C/C=C\C/C=C(\CCCCCCCC=O)[N+](=O)[O-]. The summed E-state index contributed by atoms with van der Waals surface area (Å²) in [7, 11) is 0. The van der Waals surface area contributed by atoms with Crippen molar-refractivity contribution in [2.75, 3.05) is 0 Å². The molecule has 0 saturated carbocycles. The largest absolute Gasteiger partial charge is 0.303 e. The van der Waals surface area contributed by atoms with Gasteiger partial charge in [-0.05, 0) is 38.2 Å². The summed E-state index contributed by atoms with van der Waals surface area (Å²) in [5.41, 5.74) is 0.321. The molecule has 0 atom stereocenters. The zero-order valence-corrected chi connectivity index (χ0v) is 13.7. The lowest BCUT2D eigenvalue weighted by molar-refractivity contribution is -0.428. The summed E-state index contributed by atoms with van der Waals surface area (Å²) in [5.74, 6) is 0. The van der Waals surface area contributed by atoms with Crippen LogP contribution >= 0.6 is 0 Å². The number of rotatable bonds is 14. The molecule has 124 valence electrons. The topological polar surface area (TPSA) is 60.2 Å². The molecular weight excluding hydrogens is 278 g/mol. The lowest BCUT2D eigenvalue weighted by Gasteiger charge is -2.00. The highest BCUT2D eigenvalue weighted by Crippen LogP contribution is 2.13. The van der Waals surface area contributed by atoms with E-state index in [0.29, 0.717) is 25.0 Å². The highest BCUT2D eigenvalue weighted by Gasteiger charge is 2.08. The third kappa shape index (κ3) is 13.3. The van der Waals surface area contributed by atoms with E-state index >= 15 is 0 Å². The van der Waals surface area contributed by atoms with Crippen LogP contribution in [0.4, 0.5) is 0 Å². The number of nitro groups is 1. The zero-order valence-electron chi connectivity index (χ0n) is 13.7. The third-order valence-electron chi connectivity index (χ3n) is 3.32. The molecule has 0 amide bonds. The van der Waals surface area contributed by atoms with Gasteiger partial charge in [0.2, 0.25) is 5.70 Å². The first-order valence-electron chi connectivity index (χ1n) is 8.29. The van der Waals surface area contributed by atoms with Crippen LogP contribution in [0.3, 0.4) is 0 Å². The highest BCUT2D eigenvalue weighted by molar-refractivity contribution is 5.48. The Morgan fingerprint density at radius 3 is 2.27 bits per heavy atom. The van der Waals surface area contributed by atoms with Crippen LogP contribution in [0.2, 0.25) is 0 Å². The van der Waals surface area contributed by atoms with Gasteiger partial charge in [-0.15, -0.1) is 0 Å². The normalized spacial score (nSPS) is 12.3. The Hall–Kier alpha value is -1.71. The van der Waals surface area contributed by atoms with Gasteiger partial charge in [0.1, 0.15) is 6.29 Å². The quantitative estimate of drug-likeness (QED) is 0.142. The van der Waals surface area contributed by atoms with Crippen molar-refractivity contribution >= 4 is 6.29 Å². The van der Waals surface area contributed by atoms with Crippen molar-refractivity contribution in [3.8, 4) is 0 Å². The minimum atomic E-state index is -0.267. The van der Waals surface area contributed by atoms with Crippen LogP contribution in [0.15, 0.2) is 36.1 Å². The van der Waals surface area contributed by atoms with Gasteiger partial charge in [-0.25, -0.2) is 0 Å². The van der Waals surface area contributed by atoms with Crippen LogP contribution in [0.25, 0.3) is 0 Å². The molecule has 22 heavy (non-hydrogen) atoms. The smallest absolute Gasteiger partial charge is 0.242 e. The molecule has 0 rings (SSSR count). The standard InChI is InChI=1S/C18H29NO3/c1-2-3-4-5-6-9-12-15-18(19(21)22)16-13-10-7-8-11-14-17-20/h3-4,6,9,15,17H,2,5,7-8,10-14,16H2,1H3/b4-3-,9-6-,18-15+. The van der Waals surface area contributed by atoms with Gasteiger partial charge < -0.3 is 4.79 Å². The maximum absolute atomic E-state index is 11.0. The summed E-state index contributed by atoms with van der Waals surface area (Å²) in [5, 5.41) is 11.0. The predicted octanol–water partition coefficient (Wildman–Crippen LogP) is 5.38. The maximum atomic E-state index is 11.0. The summed E-state index contributed by atoms with van der Waals surface area (Å²) in [6.07, 6.45) is 19.4. The summed E-state index contributed by atoms with van der Waals surface area (Å²) >= 11 is 0. The fourth-order valence-corrected chi connectivity index (χ4v) is 2.07. The number of nitrogens with zero attached hydrogens (tertiary/aromatic N) is 1. The number of hydrogen-bond donors (Lipinski definition) is 0. The first-order valence-corrected chi connectivity index (χ1v) is 8.29. The van der Waals surface area contributed by atoms with Crippen molar-refractivity contribution in [1.29, 1.82) is 0 Å². The Morgan fingerprint density at radius 1 is 0.955 bits per heavy atom. The number of allylic oxidation sites excluding steroid dienone is 6. The molecule has 0 aromatic carbocycles. The van der Waals surface area contributed by atoms with Gasteiger partial charge >= 0.3 is 0 Å². The fraction of sp³-hybridized carbons (Fsp3) is 0.611. The van der Waals surface area contributed by atoms with Crippen molar-refractivity contribution in [2.24, 2.45) is 0 Å². The third-order valence-corrected chi connectivity index (χ3v) is 3.32. The zero-order chi connectivity index (χ0) is 16.5. The summed E-state index contributed by atoms with van der Waals surface area (Å²) in [4.78, 5) is 20.9. The number of carbonyl (C=O) groups excluding carboxylic acids is 1. The first-order chi connectivity index (χ1) is 10.7. The number of unbranched alkanes of at least 4 members (excludes halogenated alkanes) is 5. The molecule has 0 aliphatic heterocycles. The van der Waals surface area contributed by atoms with Crippen LogP contribution < -0.4 is 0 Å². The molecular formula is C18H29NO3. The van der Waals surface area contributed by atoms with E-state index in [1.54, 1.807) is 6.08 Å². The van der Waals surface area contributed by atoms with Gasteiger partial charge in [0.05, 0.1) is 4.92 Å². The Balaban J connectivity index is 3.89. The van der Waals surface area contributed by atoms with Gasteiger partial charge in [0.15, 0.2) is 0 Å². The average molecular weight is 307 g/mol. The molecule has 0 saturated heterocycles. The molecule has 0 fully saturated rings. The minimum absolute atomic E-state index is 0.267. The van der Waals surface area contributed by atoms with Gasteiger partial charge in [-0.3, -0.25) is 10.1 Å². The van der Waals surface area contributed by atoms with Crippen LogP contribution in [0.5, 0.6) is 0 Å². The van der Waals surface area contributed by atoms with Gasteiger partial charge in [0, 0.05) is 12.8 Å². The second kappa shape index (κ2) is 15.7. The van der Waals surface area contributed by atoms with E-state index in [9.17, 15) is 14.9 Å². The Morgan fingerprint density at radius 2 is 1.59 bits per heavy atom. The molecule has 0 spiro atoms. The van der Waals surface area contributed by atoms with Crippen LogP contribution in [-0.4, -0.2) is 11.2 Å². The van der Waals surface area contributed by atoms with Gasteiger partial charge in [-0.1, -0.05) is 50.5 Å². The van der Waals surface area contributed by atoms with E-state index in [-0.39, 0.29) is 4.92 Å². The van der Waals surface area contributed by atoms with E-state index in [0.717, 1.165) is 51.2 Å². The monoisotopic (exact) mass is 307 g/mol. The van der Waals surface area contributed by atoms with Gasteiger partial charge in [0.25, 0.3) is 0 Å². The first kappa shape index (κ1) is 20.3. The predicted molar refractivity (Wildman–Crippen MR) is 91.3 cm³/mol. The van der Waals surface area contributed by atoms with Crippen LogP contribution in [0, 0.1) is 10.1 Å². The molecule has 0 bridgehead atoms. The van der Waals surface area contributed by atoms with E-state index in [4.69, 9.17) is 0 Å². The number of hydrogen-bond acceptors (Lipinski definition) is 3. The Kier molecular flexibility index (Phi) is 14.5. The Labute approximate surface area is 134 Å². The summed E-state index contributed by atoms with van der Waals surface area (Å²) < 4.78 is 0. The minimum Gasteiger partial charge on any atom is -0.303 e. The van der Waals surface area contributed by atoms with E-state index in [1.165, 1.54) is 0 Å². The van der Waals surface area contributed by atoms with Gasteiger partial charge in [-0.2, -0.15) is 0 Å². The number of carbonyl (C=O) groups is 1. The Bertz CT molecular complexity index is 384. The average Bonchev–Trinajstić information content (AvgIpc) is 2.50. The summed E-state index contributed by atoms with van der Waals surface area (Å²) in [6.45, 7) is 2.09. The molecule has 0 unspecified atom stereocenters. The summed E-state index contributed by atoms with van der Waals surface area (Å²) in [6, 6.07) is 0. The molecule has 0 aliphatic rings. The molecule has 0 radical (unpaired) electrons. The van der Waals surface area contributed by atoms with E-state index < -0.39 is 0 Å². The molecule has 0 aromatic rings. The maximum Gasteiger partial charge on any atom is 0.242 e. The second-order valence-electron chi connectivity index (χ2n) is 5.25. The molecule has 0 aromatic heterocycles. The highest BCUT2D eigenvalue weighted by atomic mass is 16.6. The van der Waals surface area contributed by atoms with E-state index in [2.05, 4.69) is 19.1 Å². The van der Waals surface area contributed by atoms with E-state index in [1.807, 2.05) is 12.2 Å². The van der Waals surface area contributed by atoms with Crippen molar-refractivity contribution in [2.45, 2.75) is 71.1 Å². The van der Waals surface area contributed by atoms with Crippen molar-refractivity contribution in [3.05, 3.63) is 46.2 Å². The van der Waals surface area contributed by atoms with Crippen molar-refractivity contribution in [1.82, 2.24) is 0 Å². The molecule has 0 heterocycles. The van der Waals surface area contributed by atoms with Crippen LogP contribution in [0.1, 0.15) is 71.1 Å². The molecule has 0 N–H and O–H groups in total. The van der Waals surface area contributed by atoms with Crippen LogP contribution in [-0.2, 0) is 4.79 Å². The molecule has 0 aliphatic carbocycles. The lowest BCUT2D eigenvalue weighted by Crippen LogP contribution is -1.98. The lowest BCUT2D eigenvalue weighted by atomic mass is 10.1. The van der Waals surface area contributed by atoms with Crippen molar-refractivity contribution in [3.63, 3.8) is 0 Å². The number of aldehydes is 1. The molecule has 4 nitrogen and oxygen atoms in total. The molecule has 4 heteroatoms. The fourth-order valence-electron chi connectivity index (χ4n) is 2.07. The van der Waals surface area contributed by atoms with Crippen molar-refractivity contribution < 1.29 is 9.72 Å².